The Bertz CT molecular complexity index is 435. The zero-order valence-corrected chi connectivity index (χ0v) is 10.5. The number of ether oxygens (including phenoxy) is 1. The molecular formula is C12H13BrN2O. The molecule has 1 aliphatic carbocycles. The molecule has 0 saturated heterocycles. The lowest BCUT2D eigenvalue weighted by molar-refractivity contribution is 0.238. The van der Waals surface area contributed by atoms with Crippen LogP contribution < -0.4 is 10.5 Å². The minimum atomic E-state index is 0.0915. The van der Waals surface area contributed by atoms with Crippen molar-refractivity contribution in [3.63, 3.8) is 0 Å². The van der Waals surface area contributed by atoms with Gasteiger partial charge < -0.3 is 10.5 Å². The van der Waals surface area contributed by atoms with Gasteiger partial charge in [-0.1, -0.05) is 15.9 Å². The molecular weight excluding hydrogens is 268 g/mol. The monoisotopic (exact) mass is 280 g/mol. The van der Waals surface area contributed by atoms with Crippen LogP contribution in [-0.2, 0) is 0 Å². The number of nitrogens with two attached hydrogens (primary N) is 1. The minimum absolute atomic E-state index is 0.0915. The molecule has 0 bridgehead atoms. The Morgan fingerprint density at radius 2 is 2.25 bits per heavy atom. The first-order valence-corrected chi connectivity index (χ1v) is 5.99. The summed E-state index contributed by atoms with van der Waals surface area (Å²) in [6.07, 6.45) is 2.73. The van der Waals surface area contributed by atoms with E-state index in [0.29, 0.717) is 24.5 Å². The highest BCUT2D eigenvalue weighted by Crippen LogP contribution is 2.48. The normalized spacial score (nSPS) is 16.5. The maximum absolute atomic E-state index is 8.69. The van der Waals surface area contributed by atoms with Crippen LogP contribution in [0, 0.1) is 16.7 Å². The standard InChI is InChI=1S/C12H13BrN2O/c13-9-1-2-11(10(15)7-9)16-8-12(3-4-12)5-6-14/h1-2,7H,3-5,8,15H2. The molecule has 2 rings (SSSR count). The van der Waals surface area contributed by atoms with E-state index in [1.165, 1.54) is 0 Å². The zero-order chi connectivity index (χ0) is 11.6. The smallest absolute Gasteiger partial charge is 0.142 e. The number of nitriles is 1. The van der Waals surface area contributed by atoms with E-state index in [0.717, 1.165) is 17.3 Å². The summed E-state index contributed by atoms with van der Waals surface area (Å²) in [7, 11) is 0. The second-order valence-electron chi connectivity index (χ2n) is 4.31. The molecule has 1 fully saturated rings. The Kier molecular flexibility index (Phi) is 3.06. The molecule has 0 radical (unpaired) electrons. The van der Waals surface area contributed by atoms with Crippen LogP contribution in [0.4, 0.5) is 5.69 Å². The van der Waals surface area contributed by atoms with Crippen molar-refractivity contribution in [2.75, 3.05) is 12.3 Å². The predicted molar refractivity (Wildman–Crippen MR) is 65.9 cm³/mol. The molecule has 4 heteroatoms. The van der Waals surface area contributed by atoms with Gasteiger partial charge in [-0.15, -0.1) is 0 Å². The van der Waals surface area contributed by atoms with E-state index < -0.39 is 0 Å². The lowest BCUT2D eigenvalue weighted by Crippen LogP contribution is -2.13. The van der Waals surface area contributed by atoms with Gasteiger partial charge in [-0.05, 0) is 31.0 Å². The van der Waals surface area contributed by atoms with Crippen molar-refractivity contribution in [2.45, 2.75) is 19.3 Å². The molecule has 0 aliphatic heterocycles. The van der Waals surface area contributed by atoms with Crippen LogP contribution >= 0.6 is 15.9 Å². The molecule has 0 aromatic heterocycles. The van der Waals surface area contributed by atoms with Gasteiger partial charge in [0.1, 0.15) is 5.75 Å². The maximum Gasteiger partial charge on any atom is 0.142 e. The summed E-state index contributed by atoms with van der Waals surface area (Å²) >= 11 is 3.35. The Labute approximate surface area is 103 Å². The van der Waals surface area contributed by atoms with Crippen LogP contribution in [0.1, 0.15) is 19.3 Å². The van der Waals surface area contributed by atoms with Crippen LogP contribution in [0.15, 0.2) is 22.7 Å². The van der Waals surface area contributed by atoms with Gasteiger partial charge in [0.25, 0.3) is 0 Å². The average Bonchev–Trinajstić information content (AvgIpc) is 2.98. The zero-order valence-electron chi connectivity index (χ0n) is 8.87. The van der Waals surface area contributed by atoms with Gasteiger partial charge in [0.2, 0.25) is 0 Å². The summed E-state index contributed by atoms with van der Waals surface area (Å²) in [5.74, 6) is 0.701. The third kappa shape index (κ3) is 2.48. The van der Waals surface area contributed by atoms with Crippen LogP contribution in [-0.4, -0.2) is 6.61 Å². The van der Waals surface area contributed by atoms with Crippen molar-refractivity contribution >= 4 is 21.6 Å². The van der Waals surface area contributed by atoms with Crippen molar-refractivity contribution < 1.29 is 4.74 Å². The maximum atomic E-state index is 8.69. The Hall–Kier alpha value is -1.21. The van der Waals surface area contributed by atoms with Crippen molar-refractivity contribution in [1.82, 2.24) is 0 Å². The number of rotatable bonds is 4. The second-order valence-corrected chi connectivity index (χ2v) is 5.22. The Morgan fingerprint density at radius 1 is 1.50 bits per heavy atom. The van der Waals surface area contributed by atoms with Gasteiger partial charge in [0.15, 0.2) is 0 Å². The number of halogens is 1. The van der Waals surface area contributed by atoms with E-state index in [2.05, 4.69) is 22.0 Å². The number of anilines is 1. The van der Waals surface area contributed by atoms with Gasteiger partial charge in [0.05, 0.1) is 18.4 Å². The summed E-state index contributed by atoms with van der Waals surface area (Å²) in [5, 5.41) is 8.69. The third-order valence-corrected chi connectivity index (χ3v) is 3.41. The third-order valence-electron chi connectivity index (χ3n) is 2.92. The predicted octanol–water partition coefficient (Wildman–Crippen LogP) is 3.10. The molecule has 16 heavy (non-hydrogen) atoms. The SMILES string of the molecule is N#CCC1(COc2ccc(Br)cc2N)CC1. The fraction of sp³-hybridized carbons (Fsp3) is 0.417. The number of benzene rings is 1. The van der Waals surface area contributed by atoms with Gasteiger partial charge in [-0.25, -0.2) is 0 Å². The first kappa shape index (κ1) is 11.3. The second kappa shape index (κ2) is 4.34. The van der Waals surface area contributed by atoms with Crippen molar-refractivity contribution in [3.05, 3.63) is 22.7 Å². The highest BCUT2D eigenvalue weighted by atomic mass is 79.9. The van der Waals surface area contributed by atoms with E-state index in [1.807, 2.05) is 18.2 Å². The van der Waals surface area contributed by atoms with Crippen LogP contribution in [0.25, 0.3) is 0 Å². The molecule has 0 atom stereocenters. The fourth-order valence-electron chi connectivity index (χ4n) is 1.60. The van der Waals surface area contributed by atoms with Gasteiger partial charge in [0, 0.05) is 16.3 Å². The van der Waals surface area contributed by atoms with Crippen LogP contribution in [0.2, 0.25) is 0 Å². The number of hydrogen-bond donors (Lipinski definition) is 1. The molecule has 1 aromatic carbocycles. The van der Waals surface area contributed by atoms with Crippen molar-refractivity contribution in [3.8, 4) is 11.8 Å². The fourth-order valence-corrected chi connectivity index (χ4v) is 1.98. The minimum Gasteiger partial charge on any atom is -0.491 e. The highest BCUT2D eigenvalue weighted by molar-refractivity contribution is 9.10. The Balaban J connectivity index is 1.98. The largest absolute Gasteiger partial charge is 0.491 e. The molecule has 0 amide bonds. The van der Waals surface area contributed by atoms with Crippen LogP contribution in [0.5, 0.6) is 5.75 Å². The lowest BCUT2D eigenvalue weighted by atomic mass is 10.1. The number of hydrogen-bond acceptors (Lipinski definition) is 3. The summed E-state index contributed by atoms with van der Waals surface area (Å²) in [6.45, 7) is 0.590. The molecule has 0 heterocycles. The van der Waals surface area contributed by atoms with Crippen molar-refractivity contribution in [2.24, 2.45) is 5.41 Å². The van der Waals surface area contributed by atoms with Gasteiger partial charge in [-0.3, -0.25) is 0 Å². The highest BCUT2D eigenvalue weighted by Gasteiger charge is 2.43. The summed E-state index contributed by atoms with van der Waals surface area (Å²) in [5.41, 5.74) is 6.54. The Morgan fingerprint density at radius 3 is 2.81 bits per heavy atom. The van der Waals surface area contributed by atoms with Gasteiger partial charge in [-0.2, -0.15) is 5.26 Å². The lowest BCUT2D eigenvalue weighted by Gasteiger charge is -2.14. The van der Waals surface area contributed by atoms with E-state index >= 15 is 0 Å². The van der Waals surface area contributed by atoms with Crippen LogP contribution in [0.3, 0.4) is 0 Å². The summed E-state index contributed by atoms with van der Waals surface area (Å²) < 4.78 is 6.61. The molecule has 1 aromatic rings. The number of nitrogens with zero attached hydrogens (tertiary/aromatic N) is 1. The average molecular weight is 281 g/mol. The topological polar surface area (TPSA) is 59.0 Å². The molecule has 3 nitrogen and oxygen atoms in total. The molecule has 0 spiro atoms. The summed E-state index contributed by atoms with van der Waals surface area (Å²) in [4.78, 5) is 0. The number of nitrogen functional groups attached to an aromatic ring is 1. The first-order valence-electron chi connectivity index (χ1n) is 5.20. The molecule has 1 saturated carbocycles. The summed E-state index contributed by atoms with van der Waals surface area (Å²) in [6, 6.07) is 7.78. The molecule has 1 aliphatic rings. The van der Waals surface area contributed by atoms with E-state index in [1.54, 1.807) is 0 Å². The van der Waals surface area contributed by atoms with Gasteiger partial charge >= 0.3 is 0 Å². The molecule has 0 unspecified atom stereocenters. The molecule has 2 N–H and O–H groups in total. The van der Waals surface area contributed by atoms with E-state index in [9.17, 15) is 0 Å². The van der Waals surface area contributed by atoms with Crippen molar-refractivity contribution in [1.29, 1.82) is 5.26 Å². The molecule has 84 valence electrons. The quantitative estimate of drug-likeness (QED) is 0.863. The van der Waals surface area contributed by atoms with E-state index in [4.69, 9.17) is 15.7 Å². The first-order chi connectivity index (χ1) is 7.65. The van der Waals surface area contributed by atoms with E-state index in [-0.39, 0.29) is 5.41 Å².